The lowest BCUT2D eigenvalue weighted by Crippen LogP contribution is -1.98. The number of hydrogen-bond acceptors (Lipinski definition) is 3. The summed E-state index contributed by atoms with van der Waals surface area (Å²) in [4.78, 5) is 8.77. The Morgan fingerprint density at radius 1 is 1.47 bits per heavy atom. The molecule has 0 spiro atoms. The fraction of sp³-hybridized carbons (Fsp3) is 0.200. The highest BCUT2D eigenvalue weighted by Crippen LogP contribution is 2.25. The molecule has 0 saturated carbocycles. The first-order chi connectivity index (χ1) is 7.22. The van der Waals surface area contributed by atoms with E-state index in [2.05, 4.69) is 39.5 Å². The molecule has 0 amide bonds. The van der Waals surface area contributed by atoms with Crippen LogP contribution in [0.2, 0.25) is 5.15 Å². The van der Waals surface area contributed by atoms with Crippen molar-refractivity contribution in [2.24, 2.45) is 0 Å². The average molecular weight is 351 g/mol. The molecular formula is C10H8ClIN2S. The quantitative estimate of drug-likeness (QED) is 0.604. The molecule has 0 unspecified atom stereocenters. The zero-order chi connectivity index (χ0) is 10.8. The molecule has 2 aromatic heterocycles. The van der Waals surface area contributed by atoms with Gasteiger partial charge < -0.3 is 0 Å². The second-order valence-corrected chi connectivity index (χ2v) is 5.18. The van der Waals surface area contributed by atoms with Gasteiger partial charge in [0.15, 0.2) is 5.82 Å². The molecule has 0 fully saturated rings. The third-order valence-corrected chi connectivity index (χ3v) is 4.40. The summed E-state index contributed by atoms with van der Waals surface area (Å²) in [6, 6.07) is 2.00. The highest BCUT2D eigenvalue weighted by Gasteiger charge is 2.10. The second-order valence-electron chi connectivity index (χ2n) is 2.96. The smallest absolute Gasteiger partial charge is 0.162 e. The maximum Gasteiger partial charge on any atom is 0.162 e. The predicted molar refractivity (Wildman–Crippen MR) is 72.5 cm³/mol. The van der Waals surface area contributed by atoms with E-state index >= 15 is 0 Å². The number of nitrogens with zero attached hydrogens (tertiary/aromatic N) is 2. The number of thiophene rings is 1. The molecule has 2 nitrogen and oxygen atoms in total. The van der Waals surface area contributed by atoms with Crippen LogP contribution in [0.15, 0.2) is 16.8 Å². The molecule has 0 aliphatic carbocycles. The lowest BCUT2D eigenvalue weighted by atomic mass is 10.3. The molecule has 0 radical (unpaired) electrons. The Morgan fingerprint density at radius 3 is 2.87 bits per heavy atom. The third-order valence-electron chi connectivity index (χ3n) is 1.99. The summed E-state index contributed by atoms with van der Waals surface area (Å²) in [6.07, 6.45) is 0.873. The van der Waals surface area contributed by atoms with Crippen molar-refractivity contribution in [2.45, 2.75) is 13.3 Å². The van der Waals surface area contributed by atoms with E-state index < -0.39 is 0 Å². The summed E-state index contributed by atoms with van der Waals surface area (Å²) in [5.74, 6) is 0.721. The van der Waals surface area contributed by atoms with E-state index in [1.165, 1.54) is 0 Å². The van der Waals surface area contributed by atoms with Crippen LogP contribution >= 0.6 is 45.5 Å². The minimum absolute atomic E-state index is 0.545. The monoisotopic (exact) mass is 350 g/mol. The first-order valence-corrected chi connectivity index (χ1v) is 6.86. The van der Waals surface area contributed by atoms with Gasteiger partial charge in [-0.05, 0) is 40.5 Å². The van der Waals surface area contributed by atoms with E-state index in [-0.39, 0.29) is 0 Å². The first kappa shape index (κ1) is 11.3. The van der Waals surface area contributed by atoms with E-state index in [9.17, 15) is 0 Å². The van der Waals surface area contributed by atoms with Crippen molar-refractivity contribution in [3.8, 4) is 11.4 Å². The van der Waals surface area contributed by atoms with Crippen LogP contribution in [0, 0.1) is 3.57 Å². The molecule has 0 atom stereocenters. The number of aromatic nitrogens is 2. The van der Waals surface area contributed by atoms with Gasteiger partial charge in [0.2, 0.25) is 0 Å². The van der Waals surface area contributed by atoms with Gasteiger partial charge in [0.1, 0.15) is 5.15 Å². The topological polar surface area (TPSA) is 25.8 Å². The van der Waals surface area contributed by atoms with Crippen LogP contribution in [0.25, 0.3) is 11.4 Å². The highest BCUT2D eigenvalue weighted by atomic mass is 127. The minimum Gasteiger partial charge on any atom is -0.232 e. The average Bonchev–Trinajstić information content (AvgIpc) is 2.75. The molecule has 0 aliphatic heterocycles. The Morgan fingerprint density at radius 2 is 2.27 bits per heavy atom. The van der Waals surface area contributed by atoms with Gasteiger partial charge in [-0.2, -0.15) is 11.3 Å². The molecule has 2 aromatic rings. The summed E-state index contributed by atoms with van der Waals surface area (Å²) in [5.41, 5.74) is 2.05. The molecule has 0 aromatic carbocycles. The number of halogens is 2. The van der Waals surface area contributed by atoms with Gasteiger partial charge in [-0.15, -0.1) is 0 Å². The summed E-state index contributed by atoms with van der Waals surface area (Å²) in [6.45, 7) is 2.07. The number of aryl methyl sites for hydroxylation is 1. The standard InChI is InChI=1S/C10H8ClIN2S/c1-2-7-8(12)9(11)14-10(13-7)6-3-4-15-5-6/h3-5H,2H2,1H3. The molecule has 78 valence electrons. The molecule has 2 heterocycles. The van der Waals surface area contributed by atoms with Crippen LogP contribution in [0.3, 0.4) is 0 Å². The Kier molecular flexibility index (Phi) is 3.58. The van der Waals surface area contributed by atoms with Gasteiger partial charge in [-0.1, -0.05) is 18.5 Å². The number of hydrogen-bond donors (Lipinski definition) is 0. The van der Waals surface area contributed by atoms with Crippen molar-refractivity contribution in [3.05, 3.63) is 31.2 Å². The van der Waals surface area contributed by atoms with Crippen LogP contribution in [0.4, 0.5) is 0 Å². The fourth-order valence-electron chi connectivity index (χ4n) is 1.22. The largest absolute Gasteiger partial charge is 0.232 e. The maximum atomic E-state index is 6.06. The fourth-order valence-corrected chi connectivity index (χ4v) is 2.66. The van der Waals surface area contributed by atoms with Crippen LogP contribution in [0.1, 0.15) is 12.6 Å². The van der Waals surface area contributed by atoms with E-state index in [1.54, 1.807) is 11.3 Å². The van der Waals surface area contributed by atoms with E-state index in [1.807, 2.05) is 16.8 Å². The molecule has 0 saturated heterocycles. The van der Waals surface area contributed by atoms with Gasteiger partial charge in [0.05, 0.1) is 9.26 Å². The Labute approximate surface area is 111 Å². The van der Waals surface area contributed by atoms with Gasteiger partial charge in [-0.25, -0.2) is 9.97 Å². The summed E-state index contributed by atoms with van der Waals surface area (Å²) >= 11 is 9.88. The van der Waals surface area contributed by atoms with Crippen molar-refractivity contribution >= 4 is 45.5 Å². The van der Waals surface area contributed by atoms with E-state index in [4.69, 9.17) is 11.6 Å². The van der Waals surface area contributed by atoms with Crippen molar-refractivity contribution < 1.29 is 0 Å². The van der Waals surface area contributed by atoms with Crippen LogP contribution in [0.5, 0.6) is 0 Å². The summed E-state index contributed by atoms with van der Waals surface area (Å²) in [5, 5.41) is 4.58. The van der Waals surface area contributed by atoms with Crippen molar-refractivity contribution in [1.82, 2.24) is 9.97 Å². The lowest BCUT2D eigenvalue weighted by Gasteiger charge is -2.04. The van der Waals surface area contributed by atoms with Gasteiger partial charge in [0.25, 0.3) is 0 Å². The molecule has 0 aliphatic rings. The van der Waals surface area contributed by atoms with Crippen LogP contribution in [-0.2, 0) is 6.42 Å². The molecule has 15 heavy (non-hydrogen) atoms. The first-order valence-electron chi connectivity index (χ1n) is 4.47. The zero-order valence-corrected chi connectivity index (χ0v) is 11.7. The van der Waals surface area contributed by atoms with Gasteiger partial charge >= 0.3 is 0 Å². The van der Waals surface area contributed by atoms with Crippen molar-refractivity contribution in [2.75, 3.05) is 0 Å². The zero-order valence-electron chi connectivity index (χ0n) is 8.00. The second kappa shape index (κ2) is 4.76. The maximum absolute atomic E-state index is 6.06. The lowest BCUT2D eigenvalue weighted by molar-refractivity contribution is 0.990. The predicted octanol–water partition coefficient (Wildman–Crippen LogP) is 4.03. The van der Waals surface area contributed by atoms with Gasteiger partial charge in [-0.3, -0.25) is 0 Å². The van der Waals surface area contributed by atoms with Crippen molar-refractivity contribution in [3.63, 3.8) is 0 Å². The normalized spacial score (nSPS) is 10.6. The van der Waals surface area contributed by atoms with Gasteiger partial charge in [0, 0.05) is 10.9 Å². The SMILES string of the molecule is CCc1nc(-c2ccsc2)nc(Cl)c1I. The molecule has 0 bridgehead atoms. The molecular weight excluding hydrogens is 343 g/mol. The van der Waals surface area contributed by atoms with E-state index in [0.29, 0.717) is 5.15 Å². The number of rotatable bonds is 2. The van der Waals surface area contributed by atoms with Crippen molar-refractivity contribution in [1.29, 1.82) is 0 Å². The Hall–Kier alpha value is -0.200. The Bertz CT molecular complexity index is 471. The summed E-state index contributed by atoms with van der Waals surface area (Å²) < 4.78 is 0.954. The van der Waals surface area contributed by atoms with E-state index in [0.717, 1.165) is 27.1 Å². The minimum atomic E-state index is 0.545. The molecule has 0 N–H and O–H groups in total. The van der Waals surface area contributed by atoms with Crippen LogP contribution in [-0.4, -0.2) is 9.97 Å². The Balaban J connectivity index is 2.55. The molecule has 5 heteroatoms. The van der Waals surface area contributed by atoms with Crippen LogP contribution < -0.4 is 0 Å². The third kappa shape index (κ3) is 2.32. The highest BCUT2D eigenvalue weighted by molar-refractivity contribution is 14.1. The summed E-state index contributed by atoms with van der Waals surface area (Å²) in [7, 11) is 0. The molecule has 2 rings (SSSR count).